The number of nitrogens with one attached hydrogen (secondary N) is 1. The number of esters is 1. The number of rotatable bonds is 9. The summed E-state index contributed by atoms with van der Waals surface area (Å²) in [5.74, 6) is 0.908. The number of carbonyl (C=O) groups excluding carboxylic acids is 1. The van der Waals surface area contributed by atoms with Gasteiger partial charge in [0.25, 0.3) is 5.56 Å². The number of ether oxygens (including phenoxy) is 2. The molecule has 8 heteroatoms. The molecule has 0 radical (unpaired) electrons. The fraction of sp³-hybridized carbons (Fsp3) is 0.273. The van der Waals surface area contributed by atoms with E-state index < -0.39 is 0 Å². The molecule has 2 aromatic heterocycles. The van der Waals surface area contributed by atoms with Gasteiger partial charge in [0.15, 0.2) is 0 Å². The maximum Gasteiger partial charge on any atom is 0.302 e. The first-order valence-electron chi connectivity index (χ1n) is 9.60. The third-order valence-corrected chi connectivity index (χ3v) is 4.32. The molecule has 3 aromatic rings. The highest BCUT2D eigenvalue weighted by atomic mass is 16.5. The van der Waals surface area contributed by atoms with Gasteiger partial charge in [0.05, 0.1) is 18.9 Å². The van der Waals surface area contributed by atoms with Crippen molar-refractivity contribution in [2.75, 3.05) is 18.5 Å². The zero-order chi connectivity index (χ0) is 21.3. The van der Waals surface area contributed by atoms with Crippen molar-refractivity contribution >= 4 is 11.9 Å². The van der Waals surface area contributed by atoms with Gasteiger partial charge in [-0.25, -0.2) is 4.98 Å². The average molecular weight is 408 g/mol. The summed E-state index contributed by atoms with van der Waals surface area (Å²) in [5, 5.41) is 3.22. The first-order valence-corrected chi connectivity index (χ1v) is 9.60. The number of hydrogen-bond donors (Lipinski definition) is 1. The number of pyridine rings is 1. The summed E-state index contributed by atoms with van der Waals surface area (Å²) in [6.45, 7) is 2.65. The van der Waals surface area contributed by atoms with E-state index in [9.17, 15) is 9.59 Å². The minimum absolute atomic E-state index is 0.149. The van der Waals surface area contributed by atoms with E-state index in [0.29, 0.717) is 37.8 Å². The molecule has 0 saturated heterocycles. The summed E-state index contributed by atoms with van der Waals surface area (Å²) in [7, 11) is 1.68. The van der Waals surface area contributed by atoms with Crippen LogP contribution in [0.5, 0.6) is 5.75 Å². The van der Waals surface area contributed by atoms with Crippen molar-refractivity contribution in [3.05, 3.63) is 70.8 Å². The van der Waals surface area contributed by atoms with Crippen LogP contribution in [0.3, 0.4) is 0 Å². The number of anilines is 1. The zero-order valence-electron chi connectivity index (χ0n) is 17.0. The second-order valence-electron chi connectivity index (χ2n) is 6.64. The fourth-order valence-electron chi connectivity index (χ4n) is 2.76. The molecule has 1 N–H and O–H groups in total. The number of carbonyl (C=O) groups is 1. The molecule has 0 aliphatic carbocycles. The lowest BCUT2D eigenvalue weighted by Crippen LogP contribution is -2.21. The third-order valence-electron chi connectivity index (χ3n) is 4.32. The summed E-state index contributed by atoms with van der Waals surface area (Å²) in [4.78, 5) is 31.7. The Morgan fingerprint density at radius 3 is 2.70 bits per heavy atom. The van der Waals surface area contributed by atoms with Gasteiger partial charge >= 0.3 is 5.97 Å². The Bertz CT molecular complexity index is 1050. The van der Waals surface area contributed by atoms with E-state index in [4.69, 9.17) is 9.47 Å². The average Bonchev–Trinajstić information content (AvgIpc) is 2.75. The molecule has 0 fully saturated rings. The van der Waals surface area contributed by atoms with Crippen LogP contribution in [0.4, 0.5) is 5.95 Å². The number of benzene rings is 1. The Balaban J connectivity index is 1.63. The van der Waals surface area contributed by atoms with E-state index in [1.165, 1.54) is 17.6 Å². The van der Waals surface area contributed by atoms with Crippen molar-refractivity contribution in [3.63, 3.8) is 0 Å². The highest BCUT2D eigenvalue weighted by Crippen LogP contribution is 2.17. The lowest BCUT2D eigenvalue weighted by molar-refractivity contribution is -0.141. The SMILES string of the molecule is CC(=O)OCCCOc1cccc(CNc2nc(-c3ccncc3)cc(=O)n2C)c1. The first kappa shape index (κ1) is 21.0. The second-order valence-corrected chi connectivity index (χ2v) is 6.64. The number of hydrogen-bond acceptors (Lipinski definition) is 7. The highest BCUT2D eigenvalue weighted by Gasteiger charge is 2.08. The first-order chi connectivity index (χ1) is 14.5. The van der Waals surface area contributed by atoms with Crippen molar-refractivity contribution in [2.45, 2.75) is 19.9 Å². The predicted molar refractivity (Wildman–Crippen MR) is 113 cm³/mol. The molecule has 0 bridgehead atoms. The molecule has 0 spiro atoms. The van der Waals surface area contributed by atoms with Gasteiger partial charge in [0.2, 0.25) is 5.95 Å². The largest absolute Gasteiger partial charge is 0.493 e. The Hall–Kier alpha value is -3.68. The van der Waals surface area contributed by atoms with E-state index in [2.05, 4.69) is 15.3 Å². The van der Waals surface area contributed by atoms with Crippen LogP contribution >= 0.6 is 0 Å². The monoisotopic (exact) mass is 408 g/mol. The van der Waals surface area contributed by atoms with Crippen LogP contribution in [-0.4, -0.2) is 33.7 Å². The normalized spacial score (nSPS) is 10.5. The van der Waals surface area contributed by atoms with E-state index in [0.717, 1.165) is 16.9 Å². The summed E-state index contributed by atoms with van der Waals surface area (Å²) in [5.41, 5.74) is 2.25. The molecule has 2 heterocycles. The topological polar surface area (TPSA) is 95.3 Å². The van der Waals surface area contributed by atoms with E-state index in [1.54, 1.807) is 19.4 Å². The molecule has 1 aromatic carbocycles. The van der Waals surface area contributed by atoms with E-state index in [-0.39, 0.29) is 11.5 Å². The predicted octanol–water partition coefficient (Wildman–Crippen LogP) is 2.79. The Morgan fingerprint density at radius 1 is 1.13 bits per heavy atom. The molecule has 0 atom stereocenters. The summed E-state index contributed by atoms with van der Waals surface area (Å²) < 4.78 is 12.1. The van der Waals surface area contributed by atoms with E-state index in [1.807, 2.05) is 36.4 Å². The lowest BCUT2D eigenvalue weighted by atomic mass is 10.2. The minimum atomic E-state index is -0.293. The van der Waals surface area contributed by atoms with Crippen LogP contribution in [0, 0.1) is 0 Å². The van der Waals surface area contributed by atoms with Crippen LogP contribution < -0.4 is 15.6 Å². The zero-order valence-corrected chi connectivity index (χ0v) is 17.0. The van der Waals surface area contributed by atoms with Crippen molar-refractivity contribution in [1.82, 2.24) is 14.5 Å². The molecule has 0 amide bonds. The van der Waals surface area contributed by atoms with Crippen LogP contribution in [-0.2, 0) is 23.1 Å². The number of aromatic nitrogens is 3. The van der Waals surface area contributed by atoms with Crippen LogP contribution in [0.1, 0.15) is 18.9 Å². The van der Waals surface area contributed by atoms with Gasteiger partial charge < -0.3 is 14.8 Å². The maximum absolute atomic E-state index is 12.3. The highest BCUT2D eigenvalue weighted by molar-refractivity contribution is 5.65. The molecule has 156 valence electrons. The van der Waals surface area contributed by atoms with Crippen molar-refractivity contribution < 1.29 is 14.3 Å². The van der Waals surface area contributed by atoms with E-state index >= 15 is 0 Å². The molecule has 3 rings (SSSR count). The van der Waals surface area contributed by atoms with Gasteiger partial charge in [-0.3, -0.25) is 19.1 Å². The van der Waals surface area contributed by atoms with Gasteiger partial charge in [-0.1, -0.05) is 12.1 Å². The van der Waals surface area contributed by atoms with Crippen molar-refractivity contribution in [3.8, 4) is 17.0 Å². The Labute approximate surface area is 174 Å². The van der Waals surface area contributed by atoms with Gasteiger partial charge in [0.1, 0.15) is 5.75 Å². The minimum Gasteiger partial charge on any atom is -0.493 e. The second kappa shape index (κ2) is 10.2. The van der Waals surface area contributed by atoms with Crippen LogP contribution in [0.15, 0.2) is 59.7 Å². The molecule has 30 heavy (non-hydrogen) atoms. The van der Waals surface area contributed by atoms with Crippen molar-refractivity contribution in [2.24, 2.45) is 7.05 Å². The summed E-state index contributed by atoms with van der Waals surface area (Å²) in [6, 6.07) is 12.8. The smallest absolute Gasteiger partial charge is 0.302 e. The molecular weight excluding hydrogens is 384 g/mol. The molecular formula is C22H24N4O4. The third kappa shape index (κ3) is 5.91. The number of nitrogens with zero attached hydrogens (tertiary/aromatic N) is 3. The Kier molecular flexibility index (Phi) is 7.15. The maximum atomic E-state index is 12.3. The van der Waals surface area contributed by atoms with Gasteiger partial charge in [0, 0.05) is 51.0 Å². The molecule has 0 aliphatic rings. The van der Waals surface area contributed by atoms with Crippen LogP contribution in [0.2, 0.25) is 0 Å². The quantitative estimate of drug-likeness (QED) is 0.430. The van der Waals surface area contributed by atoms with Crippen molar-refractivity contribution in [1.29, 1.82) is 0 Å². The Morgan fingerprint density at radius 2 is 1.93 bits per heavy atom. The molecule has 8 nitrogen and oxygen atoms in total. The standard InChI is InChI=1S/C22H24N4O4/c1-16(27)29-11-4-12-30-19-6-3-5-17(13-19)15-24-22-25-20(14-21(28)26(22)2)18-7-9-23-10-8-18/h3,5-10,13-14H,4,11-12,15H2,1-2H3,(H,24,25). The van der Waals surface area contributed by atoms with Crippen LogP contribution in [0.25, 0.3) is 11.3 Å². The lowest BCUT2D eigenvalue weighted by Gasteiger charge is -2.13. The van der Waals surface area contributed by atoms with Gasteiger partial charge in [-0.15, -0.1) is 0 Å². The molecule has 0 unspecified atom stereocenters. The van der Waals surface area contributed by atoms with Gasteiger partial charge in [-0.05, 0) is 29.8 Å². The molecule has 0 aliphatic heterocycles. The summed E-state index contributed by atoms with van der Waals surface area (Å²) >= 11 is 0. The molecule has 0 saturated carbocycles. The fourth-order valence-corrected chi connectivity index (χ4v) is 2.76. The van der Waals surface area contributed by atoms with Gasteiger partial charge in [-0.2, -0.15) is 0 Å². The summed E-state index contributed by atoms with van der Waals surface area (Å²) in [6.07, 6.45) is 3.95.